The Morgan fingerprint density at radius 2 is 1.27 bits per heavy atom. The quantitative estimate of drug-likeness (QED) is 0.409. The van der Waals surface area contributed by atoms with Gasteiger partial charge in [-0.25, -0.2) is 0 Å². The lowest BCUT2D eigenvalue weighted by molar-refractivity contribution is -0.0496. The van der Waals surface area contributed by atoms with E-state index < -0.39 is 0 Å². The number of hydrogen-bond donors (Lipinski definition) is 0. The van der Waals surface area contributed by atoms with Gasteiger partial charge in [0.1, 0.15) is 0 Å². The van der Waals surface area contributed by atoms with Crippen LogP contribution in [0, 0.1) is 64.1 Å². The van der Waals surface area contributed by atoms with Crippen molar-refractivity contribution in [2.75, 3.05) is 0 Å². The molecule has 4 aliphatic carbocycles. The SMILES string of the molecule is C=CC1CC2CC1C1C3CC(C21)C(C(C)(C)C)C3C(C)(C)C. The summed E-state index contributed by atoms with van der Waals surface area (Å²) in [6, 6.07) is 0. The maximum absolute atomic E-state index is 4.16. The van der Waals surface area contributed by atoms with E-state index >= 15 is 0 Å². The highest BCUT2D eigenvalue weighted by Crippen LogP contribution is 2.75. The average Bonchev–Trinajstić information content (AvgIpc) is 3.11. The first kappa shape index (κ1) is 15.3. The van der Waals surface area contributed by atoms with Gasteiger partial charge in [0, 0.05) is 0 Å². The molecule has 4 rings (SSSR count). The normalized spacial score (nSPS) is 53.1. The summed E-state index contributed by atoms with van der Waals surface area (Å²) in [5.41, 5.74) is 0.940. The van der Waals surface area contributed by atoms with Crippen LogP contribution in [0.4, 0.5) is 0 Å². The van der Waals surface area contributed by atoms with Crippen molar-refractivity contribution in [3.8, 4) is 0 Å². The molecule has 4 aliphatic rings. The first-order valence-electron chi connectivity index (χ1n) is 9.77. The molecule has 4 saturated carbocycles. The molecule has 0 heterocycles. The molecule has 0 aromatic rings. The summed E-state index contributed by atoms with van der Waals surface area (Å²) in [6.45, 7) is 19.3. The minimum absolute atomic E-state index is 0.466. The van der Waals surface area contributed by atoms with Crippen molar-refractivity contribution in [2.24, 2.45) is 64.1 Å². The van der Waals surface area contributed by atoms with Crippen LogP contribution in [0.25, 0.3) is 0 Å². The zero-order chi connectivity index (χ0) is 16.0. The Morgan fingerprint density at radius 3 is 1.77 bits per heavy atom. The molecular formula is C22H36. The van der Waals surface area contributed by atoms with Gasteiger partial charge in [0.15, 0.2) is 0 Å². The van der Waals surface area contributed by atoms with Crippen LogP contribution >= 0.6 is 0 Å². The van der Waals surface area contributed by atoms with Crippen LogP contribution in [0.15, 0.2) is 12.7 Å². The van der Waals surface area contributed by atoms with E-state index in [0.29, 0.717) is 10.8 Å². The fourth-order valence-electron chi connectivity index (χ4n) is 8.31. The molecule has 0 aromatic heterocycles. The van der Waals surface area contributed by atoms with Gasteiger partial charge < -0.3 is 0 Å². The fraction of sp³-hybridized carbons (Fsp3) is 0.909. The monoisotopic (exact) mass is 300 g/mol. The second kappa shape index (κ2) is 4.42. The molecule has 0 aromatic carbocycles. The molecule has 0 saturated heterocycles. The highest BCUT2D eigenvalue weighted by atomic mass is 14.7. The van der Waals surface area contributed by atoms with Gasteiger partial charge >= 0.3 is 0 Å². The molecular weight excluding hydrogens is 264 g/mol. The van der Waals surface area contributed by atoms with Gasteiger partial charge in [-0.05, 0) is 83.4 Å². The minimum atomic E-state index is 0.466. The van der Waals surface area contributed by atoms with E-state index in [1.165, 1.54) is 12.8 Å². The topological polar surface area (TPSA) is 0 Å². The fourth-order valence-corrected chi connectivity index (χ4v) is 8.31. The second-order valence-corrected chi connectivity index (χ2v) is 11.3. The molecule has 9 unspecified atom stereocenters. The van der Waals surface area contributed by atoms with Crippen LogP contribution in [0.1, 0.15) is 60.8 Å². The number of allylic oxidation sites excluding steroid dienone is 1. The highest BCUT2D eigenvalue weighted by Gasteiger charge is 2.69. The molecule has 4 bridgehead atoms. The first-order valence-corrected chi connectivity index (χ1v) is 9.77. The van der Waals surface area contributed by atoms with Crippen LogP contribution in [0.5, 0.6) is 0 Å². The Balaban J connectivity index is 1.73. The molecule has 0 N–H and O–H groups in total. The van der Waals surface area contributed by atoms with E-state index in [9.17, 15) is 0 Å². The van der Waals surface area contributed by atoms with Gasteiger partial charge in [0.2, 0.25) is 0 Å². The summed E-state index contributed by atoms with van der Waals surface area (Å²) in [6.07, 6.45) is 6.86. The molecule has 124 valence electrons. The summed E-state index contributed by atoms with van der Waals surface area (Å²) >= 11 is 0. The van der Waals surface area contributed by atoms with Crippen molar-refractivity contribution < 1.29 is 0 Å². The molecule has 9 atom stereocenters. The van der Waals surface area contributed by atoms with Crippen molar-refractivity contribution in [1.29, 1.82) is 0 Å². The number of fused-ring (bicyclic) bond motifs is 9. The second-order valence-electron chi connectivity index (χ2n) is 11.3. The van der Waals surface area contributed by atoms with Crippen molar-refractivity contribution in [3.63, 3.8) is 0 Å². The Hall–Kier alpha value is -0.260. The largest absolute Gasteiger partial charge is 0.103 e. The minimum Gasteiger partial charge on any atom is -0.103 e. The van der Waals surface area contributed by atoms with E-state index in [1.807, 2.05) is 0 Å². The molecule has 0 nitrogen and oxygen atoms in total. The molecule has 4 fully saturated rings. The molecule has 0 radical (unpaired) electrons. The van der Waals surface area contributed by atoms with Crippen LogP contribution in [-0.4, -0.2) is 0 Å². The maximum Gasteiger partial charge on any atom is -0.0202 e. The zero-order valence-electron chi connectivity index (χ0n) is 15.6. The Morgan fingerprint density at radius 1 is 0.727 bits per heavy atom. The third-order valence-corrected chi connectivity index (χ3v) is 8.33. The number of rotatable bonds is 1. The summed E-state index contributed by atoms with van der Waals surface area (Å²) in [5.74, 6) is 8.93. The lowest BCUT2D eigenvalue weighted by Crippen LogP contribution is -2.48. The van der Waals surface area contributed by atoms with Crippen molar-refractivity contribution in [3.05, 3.63) is 12.7 Å². The van der Waals surface area contributed by atoms with E-state index in [1.54, 1.807) is 6.42 Å². The lowest BCUT2D eigenvalue weighted by atomic mass is 9.52. The van der Waals surface area contributed by atoms with Crippen LogP contribution in [0.2, 0.25) is 0 Å². The van der Waals surface area contributed by atoms with E-state index in [2.05, 4.69) is 54.2 Å². The third kappa shape index (κ3) is 1.82. The molecule has 0 heteroatoms. The van der Waals surface area contributed by atoms with Crippen LogP contribution in [0.3, 0.4) is 0 Å². The van der Waals surface area contributed by atoms with Crippen molar-refractivity contribution in [2.45, 2.75) is 60.8 Å². The lowest BCUT2D eigenvalue weighted by Gasteiger charge is -2.53. The van der Waals surface area contributed by atoms with Gasteiger partial charge in [0.25, 0.3) is 0 Å². The van der Waals surface area contributed by atoms with E-state index in [-0.39, 0.29) is 0 Å². The van der Waals surface area contributed by atoms with Crippen molar-refractivity contribution in [1.82, 2.24) is 0 Å². The maximum atomic E-state index is 4.16. The summed E-state index contributed by atoms with van der Waals surface area (Å²) in [4.78, 5) is 0. The smallest absolute Gasteiger partial charge is 0.0202 e. The van der Waals surface area contributed by atoms with Crippen molar-refractivity contribution >= 4 is 0 Å². The van der Waals surface area contributed by atoms with Crippen LogP contribution in [-0.2, 0) is 0 Å². The summed E-state index contributed by atoms with van der Waals surface area (Å²) in [5, 5.41) is 0. The Labute approximate surface area is 138 Å². The summed E-state index contributed by atoms with van der Waals surface area (Å²) < 4.78 is 0. The zero-order valence-corrected chi connectivity index (χ0v) is 15.6. The van der Waals surface area contributed by atoms with Gasteiger partial charge in [-0.1, -0.05) is 47.6 Å². The van der Waals surface area contributed by atoms with E-state index in [4.69, 9.17) is 0 Å². The number of hydrogen-bond acceptors (Lipinski definition) is 0. The van der Waals surface area contributed by atoms with Gasteiger partial charge in [0.05, 0.1) is 0 Å². The molecule has 22 heavy (non-hydrogen) atoms. The summed E-state index contributed by atoms with van der Waals surface area (Å²) in [7, 11) is 0. The average molecular weight is 301 g/mol. The van der Waals surface area contributed by atoms with E-state index in [0.717, 1.165) is 53.3 Å². The first-order chi connectivity index (χ1) is 10.1. The van der Waals surface area contributed by atoms with Gasteiger partial charge in [-0.15, -0.1) is 6.58 Å². The predicted molar refractivity (Wildman–Crippen MR) is 94.4 cm³/mol. The van der Waals surface area contributed by atoms with Gasteiger partial charge in [-0.3, -0.25) is 0 Å². The predicted octanol–water partition coefficient (Wildman–Crippen LogP) is 6.04. The van der Waals surface area contributed by atoms with Crippen LogP contribution < -0.4 is 0 Å². The standard InChI is InChI=1S/C22H36/c1-8-12-9-13-10-14(12)18-16-11-15(17(13)18)19(21(2,3)4)20(16)22(5,6)7/h8,12-20H,1,9-11H2,2-7H3. The molecule has 0 spiro atoms. The Kier molecular flexibility index (Phi) is 3.07. The molecule has 0 amide bonds. The Bertz CT molecular complexity index is 473. The highest BCUT2D eigenvalue weighted by molar-refractivity contribution is 5.18. The molecule has 0 aliphatic heterocycles. The third-order valence-electron chi connectivity index (χ3n) is 8.33. The van der Waals surface area contributed by atoms with Gasteiger partial charge in [-0.2, -0.15) is 0 Å².